The van der Waals surface area contributed by atoms with Gasteiger partial charge < -0.3 is 25.7 Å². The van der Waals surface area contributed by atoms with Crippen LogP contribution < -0.4 is 11.5 Å². The first-order chi connectivity index (χ1) is 20.9. The maximum Gasteiger partial charge on any atom is 0.337 e. The van der Waals surface area contributed by atoms with Crippen molar-refractivity contribution in [3.8, 4) is 0 Å². The third-order valence-electron chi connectivity index (χ3n) is 7.31. The second-order valence-corrected chi connectivity index (χ2v) is 11.2. The van der Waals surface area contributed by atoms with Gasteiger partial charge >= 0.3 is 5.97 Å². The summed E-state index contributed by atoms with van der Waals surface area (Å²) >= 11 is 1.70. The van der Waals surface area contributed by atoms with E-state index in [2.05, 4.69) is 16.0 Å². The van der Waals surface area contributed by atoms with E-state index in [1.807, 2.05) is 60.7 Å². The third-order valence-corrected chi connectivity index (χ3v) is 8.17. The lowest BCUT2D eigenvalue weighted by atomic mass is 10.1. The van der Waals surface area contributed by atoms with Crippen LogP contribution in [0.3, 0.4) is 0 Å². The van der Waals surface area contributed by atoms with Crippen LogP contribution in [-0.4, -0.2) is 52.4 Å². The Labute approximate surface area is 254 Å². The number of thiophene rings is 1. The van der Waals surface area contributed by atoms with Gasteiger partial charge in [-0.05, 0) is 59.3 Å². The quantitative estimate of drug-likeness (QED) is 0.110. The van der Waals surface area contributed by atoms with E-state index in [4.69, 9.17) is 26.6 Å². The summed E-state index contributed by atoms with van der Waals surface area (Å²) in [6, 6.07) is 24.6. The summed E-state index contributed by atoms with van der Waals surface area (Å²) in [5, 5.41) is 9.69. The van der Waals surface area contributed by atoms with Gasteiger partial charge in [-0.1, -0.05) is 42.5 Å². The molecular weight excluding hydrogens is 560 g/mol. The fourth-order valence-corrected chi connectivity index (χ4v) is 5.71. The topological polar surface area (TPSA) is 140 Å². The predicted octanol–water partition coefficient (Wildman–Crippen LogP) is 4.60. The van der Waals surface area contributed by atoms with Crippen molar-refractivity contribution in [1.82, 2.24) is 14.5 Å². The van der Waals surface area contributed by atoms with Crippen LogP contribution in [0.15, 0.2) is 84.2 Å². The van der Waals surface area contributed by atoms with E-state index in [1.165, 1.54) is 12.0 Å². The summed E-state index contributed by atoms with van der Waals surface area (Å²) in [7, 11) is 1.35. The Morgan fingerprint density at radius 1 is 0.953 bits per heavy atom. The van der Waals surface area contributed by atoms with Crippen molar-refractivity contribution in [2.45, 2.75) is 25.9 Å². The molecule has 9 nitrogen and oxygen atoms in total. The maximum atomic E-state index is 13.7. The Kier molecular flexibility index (Phi) is 9.29. The lowest BCUT2D eigenvalue weighted by Crippen LogP contribution is -2.34. The minimum atomic E-state index is -0.404. The molecule has 0 radical (unpaired) electrons. The number of nitrogens with zero attached hydrogens (tertiary/aromatic N) is 3. The Bertz CT molecular complexity index is 1730. The lowest BCUT2D eigenvalue weighted by Gasteiger charge is -2.22. The normalized spacial score (nSPS) is 11.0. The van der Waals surface area contributed by atoms with Crippen molar-refractivity contribution in [2.24, 2.45) is 11.5 Å². The molecule has 0 bridgehead atoms. The molecule has 0 fully saturated rings. The van der Waals surface area contributed by atoms with E-state index in [-0.39, 0.29) is 11.7 Å². The van der Waals surface area contributed by atoms with Gasteiger partial charge in [-0.3, -0.25) is 10.2 Å². The molecule has 43 heavy (non-hydrogen) atoms. The summed E-state index contributed by atoms with van der Waals surface area (Å²) in [5.41, 5.74) is 16.9. The molecule has 3 aromatic carbocycles. The highest BCUT2D eigenvalue weighted by atomic mass is 32.1. The summed E-state index contributed by atoms with van der Waals surface area (Å²) in [5.74, 6) is 0.451. The van der Waals surface area contributed by atoms with E-state index in [1.54, 1.807) is 28.4 Å². The number of fused-ring (bicyclic) bond motifs is 1. The summed E-state index contributed by atoms with van der Waals surface area (Å²) in [6.45, 7) is 1.76. The highest BCUT2D eigenvalue weighted by molar-refractivity contribution is 7.09. The number of nitrogens with one attached hydrogen (secondary N) is 1. The fraction of sp³-hybridized carbons (Fsp3) is 0.212. The van der Waals surface area contributed by atoms with Crippen LogP contribution in [0.5, 0.6) is 0 Å². The number of hydrogen-bond donors (Lipinski definition) is 3. The number of rotatable bonds is 12. The van der Waals surface area contributed by atoms with Gasteiger partial charge in [0.25, 0.3) is 5.91 Å². The highest BCUT2D eigenvalue weighted by Crippen LogP contribution is 2.24. The van der Waals surface area contributed by atoms with Crippen LogP contribution in [0.1, 0.15) is 48.1 Å². The number of amidine groups is 1. The van der Waals surface area contributed by atoms with E-state index in [0.29, 0.717) is 49.3 Å². The van der Waals surface area contributed by atoms with Crippen LogP contribution in [0.25, 0.3) is 11.0 Å². The van der Waals surface area contributed by atoms with Crippen molar-refractivity contribution < 1.29 is 14.3 Å². The first-order valence-corrected chi connectivity index (χ1v) is 14.9. The number of benzene rings is 3. The number of imidazole rings is 1. The standard InChI is InChI=1S/C33H34N6O3S/c1-42-33(41)25-11-6-23(7-12-25)20-38(17-16-34)32(40)26-13-14-29-28(19-26)37-30(39(29)21-27-3-2-18-43-27)15-8-22-4-9-24(10-5-22)31(35)36/h2-7,9-14,18-19H,8,15-17,20-21,34H2,1H3,(H3,35,36). The molecule has 0 unspecified atom stereocenters. The second-order valence-electron chi connectivity index (χ2n) is 10.2. The zero-order valence-electron chi connectivity index (χ0n) is 24.0. The molecule has 0 saturated heterocycles. The van der Waals surface area contributed by atoms with E-state index in [9.17, 15) is 9.59 Å². The number of esters is 1. The van der Waals surface area contributed by atoms with Gasteiger partial charge in [-0.25, -0.2) is 9.78 Å². The molecule has 220 valence electrons. The van der Waals surface area contributed by atoms with Crippen molar-refractivity contribution in [3.63, 3.8) is 0 Å². The average Bonchev–Trinajstić information content (AvgIpc) is 3.67. The van der Waals surface area contributed by atoms with Crippen LogP contribution in [0.4, 0.5) is 0 Å². The van der Waals surface area contributed by atoms with Crippen molar-refractivity contribution >= 4 is 40.1 Å². The molecule has 0 atom stereocenters. The number of aromatic nitrogens is 2. The van der Waals surface area contributed by atoms with Gasteiger partial charge in [-0.2, -0.15) is 0 Å². The number of nitrogen functional groups attached to an aromatic ring is 1. The molecular formula is C33H34N6O3S. The smallest absolute Gasteiger partial charge is 0.337 e. The molecule has 1 amide bonds. The summed E-state index contributed by atoms with van der Waals surface area (Å²) in [6.07, 6.45) is 1.49. The number of carbonyl (C=O) groups excluding carboxylic acids is 2. The minimum absolute atomic E-state index is 0.0520. The number of ether oxygens (including phenoxy) is 1. The number of methoxy groups -OCH3 is 1. The molecule has 5 rings (SSSR count). The average molecular weight is 595 g/mol. The van der Waals surface area contributed by atoms with Crippen molar-refractivity contribution in [2.75, 3.05) is 20.2 Å². The molecule has 5 aromatic rings. The van der Waals surface area contributed by atoms with Crippen LogP contribution >= 0.6 is 11.3 Å². The molecule has 2 heterocycles. The molecule has 10 heteroatoms. The molecule has 0 aliphatic heterocycles. The fourth-order valence-electron chi connectivity index (χ4n) is 5.02. The monoisotopic (exact) mass is 594 g/mol. The molecule has 0 aliphatic carbocycles. The summed E-state index contributed by atoms with van der Waals surface area (Å²) < 4.78 is 7.00. The third kappa shape index (κ3) is 6.99. The number of amides is 1. The predicted molar refractivity (Wildman–Crippen MR) is 170 cm³/mol. The zero-order valence-corrected chi connectivity index (χ0v) is 24.8. The Balaban J connectivity index is 1.40. The van der Waals surface area contributed by atoms with Crippen LogP contribution in [0.2, 0.25) is 0 Å². The van der Waals surface area contributed by atoms with Gasteiger partial charge in [0.2, 0.25) is 0 Å². The molecule has 0 spiro atoms. The van der Waals surface area contributed by atoms with Gasteiger partial charge in [0.1, 0.15) is 11.7 Å². The van der Waals surface area contributed by atoms with Gasteiger partial charge in [0.15, 0.2) is 0 Å². The Morgan fingerprint density at radius 2 is 1.65 bits per heavy atom. The molecule has 0 aliphatic rings. The van der Waals surface area contributed by atoms with Gasteiger partial charge in [0, 0.05) is 42.1 Å². The first kappa shape index (κ1) is 29.7. The number of nitrogens with two attached hydrogens (primary N) is 2. The van der Waals surface area contributed by atoms with E-state index >= 15 is 0 Å². The minimum Gasteiger partial charge on any atom is -0.465 e. The first-order valence-electron chi connectivity index (χ1n) is 14.0. The summed E-state index contributed by atoms with van der Waals surface area (Å²) in [4.78, 5) is 33.4. The van der Waals surface area contributed by atoms with E-state index in [0.717, 1.165) is 34.4 Å². The Hall–Kier alpha value is -4.80. The SMILES string of the molecule is COC(=O)c1ccc(CN(CCN)C(=O)c2ccc3c(c2)nc(CCc2ccc(C(=N)N)cc2)n3Cc2cccs2)cc1. The van der Waals surface area contributed by atoms with Crippen molar-refractivity contribution in [1.29, 1.82) is 5.41 Å². The lowest BCUT2D eigenvalue weighted by molar-refractivity contribution is 0.0600. The van der Waals surface area contributed by atoms with Crippen molar-refractivity contribution in [3.05, 3.63) is 123 Å². The molecule has 5 N–H and O–H groups in total. The molecule has 2 aromatic heterocycles. The second kappa shape index (κ2) is 13.5. The van der Waals surface area contributed by atoms with Crippen LogP contribution in [-0.2, 0) is 30.7 Å². The van der Waals surface area contributed by atoms with Gasteiger partial charge in [0.05, 0.1) is 30.3 Å². The molecule has 0 saturated carbocycles. The number of carbonyl (C=O) groups is 2. The Morgan fingerprint density at radius 3 is 2.30 bits per heavy atom. The zero-order chi connectivity index (χ0) is 30.3. The van der Waals surface area contributed by atoms with Crippen LogP contribution in [0, 0.1) is 5.41 Å². The maximum absolute atomic E-state index is 13.7. The van der Waals surface area contributed by atoms with Gasteiger partial charge in [-0.15, -0.1) is 11.3 Å². The number of aryl methyl sites for hydroxylation is 2. The van der Waals surface area contributed by atoms with E-state index < -0.39 is 5.97 Å². The highest BCUT2D eigenvalue weighted by Gasteiger charge is 2.19. The number of hydrogen-bond acceptors (Lipinski definition) is 7. The largest absolute Gasteiger partial charge is 0.465 e.